The number of nitrogens with one attached hydrogen (secondary N) is 1. The monoisotopic (exact) mass is 480 g/mol. The molecule has 3 atom stereocenters. The first-order valence-electron chi connectivity index (χ1n) is 12.2. The summed E-state index contributed by atoms with van der Waals surface area (Å²) >= 11 is 0. The molecule has 2 aliphatic heterocycles. The number of hydrogen-bond donors (Lipinski definition) is 4. The molecule has 12 nitrogen and oxygen atoms in total. The minimum atomic E-state index is -0.845. The number of carbonyl (C=O) groups excluding carboxylic acids is 4. The molecule has 0 aromatic heterocycles. The van der Waals surface area contributed by atoms with E-state index in [1.54, 1.807) is 9.80 Å². The third kappa shape index (κ3) is 6.81. The van der Waals surface area contributed by atoms with E-state index in [-0.39, 0.29) is 36.1 Å². The Balaban J connectivity index is 2.17. The Labute approximate surface area is 201 Å². The Morgan fingerprint density at radius 2 is 1.65 bits per heavy atom. The molecule has 0 spiro atoms. The van der Waals surface area contributed by atoms with Gasteiger partial charge >= 0.3 is 0 Å². The van der Waals surface area contributed by atoms with Crippen molar-refractivity contribution in [1.29, 1.82) is 0 Å². The molecule has 0 aromatic carbocycles. The van der Waals surface area contributed by atoms with Gasteiger partial charge in [0.15, 0.2) is 5.96 Å². The molecule has 2 rings (SSSR count). The lowest BCUT2D eigenvalue weighted by molar-refractivity contribution is -0.146. The van der Waals surface area contributed by atoms with Crippen molar-refractivity contribution in [2.24, 2.45) is 22.2 Å². The van der Waals surface area contributed by atoms with E-state index in [1.165, 1.54) is 4.90 Å². The lowest BCUT2D eigenvalue weighted by Gasteiger charge is -2.32. The molecule has 0 aromatic rings. The highest BCUT2D eigenvalue weighted by Gasteiger charge is 2.40. The number of nitrogens with two attached hydrogens (primary N) is 3. The highest BCUT2D eigenvalue weighted by Crippen LogP contribution is 2.22. The summed E-state index contributed by atoms with van der Waals surface area (Å²) in [5, 5.41) is 2.85. The number of hydrogen-bond acceptors (Lipinski definition) is 6. The minimum Gasteiger partial charge on any atom is -0.370 e. The van der Waals surface area contributed by atoms with Crippen molar-refractivity contribution in [2.45, 2.75) is 70.5 Å². The van der Waals surface area contributed by atoms with E-state index in [0.717, 1.165) is 6.42 Å². The molecule has 34 heavy (non-hydrogen) atoms. The Kier molecular flexibility index (Phi) is 10.6. The zero-order valence-electron chi connectivity index (χ0n) is 20.4. The van der Waals surface area contributed by atoms with Crippen molar-refractivity contribution in [3.05, 3.63) is 0 Å². The number of likely N-dealkylation sites (tertiary alicyclic amines) is 2. The molecule has 192 valence electrons. The SMILES string of the molecule is CCN(CC)C(=O)[C@@H]1CCCN1C(=O)[C@H](CCCN=C(N)N)NC(=O)[C@@H]1CCCN1C(=O)CN. The van der Waals surface area contributed by atoms with Gasteiger partial charge < -0.3 is 37.2 Å². The van der Waals surface area contributed by atoms with Gasteiger partial charge in [-0.05, 0) is 52.4 Å². The third-order valence-electron chi connectivity index (χ3n) is 6.51. The second kappa shape index (κ2) is 13.1. The molecule has 2 saturated heterocycles. The van der Waals surface area contributed by atoms with Gasteiger partial charge in [-0.3, -0.25) is 24.2 Å². The van der Waals surface area contributed by atoms with Crippen molar-refractivity contribution in [1.82, 2.24) is 20.0 Å². The summed E-state index contributed by atoms with van der Waals surface area (Å²) in [7, 11) is 0. The topological polar surface area (TPSA) is 180 Å². The van der Waals surface area contributed by atoms with Crippen molar-refractivity contribution in [2.75, 3.05) is 39.3 Å². The first-order chi connectivity index (χ1) is 16.2. The molecule has 0 unspecified atom stereocenters. The predicted octanol–water partition coefficient (Wildman–Crippen LogP) is -1.67. The summed E-state index contributed by atoms with van der Waals surface area (Å²) < 4.78 is 0. The smallest absolute Gasteiger partial charge is 0.245 e. The fraction of sp³-hybridized carbons (Fsp3) is 0.773. The van der Waals surface area contributed by atoms with Gasteiger partial charge in [0.25, 0.3) is 0 Å². The van der Waals surface area contributed by atoms with Gasteiger partial charge in [-0.2, -0.15) is 0 Å². The Hall–Kier alpha value is -2.89. The molecular weight excluding hydrogens is 440 g/mol. The highest BCUT2D eigenvalue weighted by molar-refractivity contribution is 5.95. The van der Waals surface area contributed by atoms with Crippen LogP contribution in [0.4, 0.5) is 0 Å². The number of guanidine groups is 1. The van der Waals surface area contributed by atoms with Gasteiger partial charge in [-0.1, -0.05) is 0 Å². The lowest BCUT2D eigenvalue weighted by Crippen LogP contribution is -2.56. The highest BCUT2D eigenvalue weighted by atomic mass is 16.2. The Morgan fingerprint density at radius 1 is 1.03 bits per heavy atom. The third-order valence-corrected chi connectivity index (χ3v) is 6.51. The van der Waals surface area contributed by atoms with Crippen LogP contribution in [0.1, 0.15) is 52.4 Å². The van der Waals surface area contributed by atoms with Crippen molar-refractivity contribution < 1.29 is 19.2 Å². The van der Waals surface area contributed by atoms with E-state index in [0.29, 0.717) is 64.8 Å². The zero-order valence-corrected chi connectivity index (χ0v) is 20.4. The first-order valence-corrected chi connectivity index (χ1v) is 12.2. The van der Waals surface area contributed by atoms with Crippen molar-refractivity contribution >= 4 is 29.6 Å². The summed E-state index contributed by atoms with van der Waals surface area (Å²) in [6, 6.07) is -2.04. The summed E-state index contributed by atoms with van der Waals surface area (Å²) in [6.07, 6.45) is 3.30. The molecule has 2 aliphatic rings. The summed E-state index contributed by atoms with van der Waals surface area (Å²) in [6.45, 7) is 6.01. The summed E-state index contributed by atoms with van der Waals surface area (Å²) in [5.74, 6) is -1.09. The molecule has 2 heterocycles. The van der Waals surface area contributed by atoms with Crippen LogP contribution in [0.3, 0.4) is 0 Å². The van der Waals surface area contributed by atoms with Crippen LogP contribution in [0.15, 0.2) is 4.99 Å². The predicted molar refractivity (Wildman–Crippen MR) is 128 cm³/mol. The van der Waals surface area contributed by atoms with Crippen LogP contribution in [0.5, 0.6) is 0 Å². The van der Waals surface area contributed by atoms with E-state index in [4.69, 9.17) is 17.2 Å². The molecule has 0 saturated carbocycles. The van der Waals surface area contributed by atoms with E-state index < -0.39 is 18.1 Å². The summed E-state index contributed by atoms with van der Waals surface area (Å²) in [4.78, 5) is 60.5. The molecule has 12 heteroatoms. The number of amides is 4. The number of rotatable bonds is 11. The van der Waals surface area contributed by atoms with Crippen molar-refractivity contribution in [3.8, 4) is 0 Å². The second-order valence-electron chi connectivity index (χ2n) is 8.66. The van der Waals surface area contributed by atoms with Crippen LogP contribution in [-0.2, 0) is 19.2 Å². The van der Waals surface area contributed by atoms with E-state index in [2.05, 4.69) is 10.3 Å². The van der Waals surface area contributed by atoms with Gasteiger partial charge in [-0.25, -0.2) is 0 Å². The minimum absolute atomic E-state index is 0.0433. The van der Waals surface area contributed by atoms with E-state index >= 15 is 0 Å². The van der Waals surface area contributed by atoms with Crippen LogP contribution >= 0.6 is 0 Å². The Morgan fingerprint density at radius 3 is 2.24 bits per heavy atom. The fourth-order valence-corrected chi connectivity index (χ4v) is 4.72. The molecule has 0 radical (unpaired) electrons. The number of nitrogens with zero attached hydrogens (tertiary/aromatic N) is 4. The van der Waals surface area contributed by atoms with Crippen LogP contribution in [0.2, 0.25) is 0 Å². The second-order valence-corrected chi connectivity index (χ2v) is 8.66. The van der Waals surface area contributed by atoms with Gasteiger partial charge in [0.2, 0.25) is 23.6 Å². The maximum Gasteiger partial charge on any atom is 0.245 e. The molecule has 2 fully saturated rings. The van der Waals surface area contributed by atoms with Gasteiger partial charge in [-0.15, -0.1) is 0 Å². The van der Waals surface area contributed by atoms with Crippen LogP contribution < -0.4 is 22.5 Å². The zero-order chi connectivity index (χ0) is 25.3. The van der Waals surface area contributed by atoms with Crippen molar-refractivity contribution in [3.63, 3.8) is 0 Å². The van der Waals surface area contributed by atoms with Gasteiger partial charge in [0, 0.05) is 32.7 Å². The molecule has 0 aliphatic carbocycles. The number of aliphatic imine (C=N–C) groups is 1. The standard InChI is InChI=1S/C22H40N8O4/c1-3-28(4-2)21(34)17-10-7-13-30(17)20(33)15(8-5-11-26-22(24)25)27-19(32)16-9-6-12-29(16)18(31)14-23/h15-17H,3-14,23H2,1-2H3,(H,27,32)(H4,24,25,26)/t15-,16-,17-/m0/s1. The van der Waals surface area contributed by atoms with E-state index in [1.807, 2.05) is 13.8 Å². The van der Waals surface area contributed by atoms with Crippen LogP contribution in [0, 0.1) is 0 Å². The average molecular weight is 481 g/mol. The first kappa shape index (κ1) is 27.4. The molecular formula is C22H40N8O4. The normalized spacial score (nSPS) is 20.7. The largest absolute Gasteiger partial charge is 0.370 e. The maximum atomic E-state index is 13.6. The average Bonchev–Trinajstić information content (AvgIpc) is 3.50. The quantitative estimate of drug-likeness (QED) is 0.155. The number of carbonyl (C=O) groups is 4. The van der Waals surface area contributed by atoms with Crippen LogP contribution in [-0.4, -0.2) is 102 Å². The molecule has 7 N–H and O–H groups in total. The Bertz CT molecular complexity index is 766. The maximum absolute atomic E-state index is 13.6. The molecule has 4 amide bonds. The molecule has 0 bridgehead atoms. The van der Waals surface area contributed by atoms with E-state index in [9.17, 15) is 19.2 Å². The number of likely N-dealkylation sites (N-methyl/N-ethyl adjacent to an activating group) is 1. The van der Waals surface area contributed by atoms with Crippen LogP contribution in [0.25, 0.3) is 0 Å². The van der Waals surface area contributed by atoms with Gasteiger partial charge in [0.05, 0.1) is 6.54 Å². The fourth-order valence-electron chi connectivity index (χ4n) is 4.72. The van der Waals surface area contributed by atoms with Gasteiger partial charge in [0.1, 0.15) is 18.1 Å². The summed E-state index contributed by atoms with van der Waals surface area (Å²) in [5.41, 5.74) is 16.3. The lowest BCUT2D eigenvalue weighted by atomic mass is 10.1.